The number of imide groups is 2. The first-order chi connectivity index (χ1) is 28.5. The molecule has 6 aliphatic rings. The molecule has 0 spiro atoms. The molecule has 0 aliphatic carbocycles. The Kier molecular flexibility index (Phi) is 10.0. The number of nitrogens with two attached hydrogens (primary N) is 1. The van der Waals surface area contributed by atoms with Crippen molar-refractivity contribution in [3.63, 3.8) is 0 Å². The van der Waals surface area contributed by atoms with Crippen molar-refractivity contribution >= 4 is 64.3 Å². The second-order valence-corrected chi connectivity index (χ2v) is 16.3. The van der Waals surface area contributed by atoms with Gasteiger partial charge in [0.15, 0.2) is 11.5 Å². The van der Waals surface area contributed by atoms with Crippen molar-refractivity contribution in [1.82, 2.24) is 34.9 Å². The van der Waals surface area contributed by atoms with E-state index in [0.29, 0.717) is 36.2 Å². The van der Waals surface area contributed by atoms with Gasteiger partial charge in [0, 0.05) is 108 Å². The van der Waals surface area contributed by atoms with E-state index in [0.717, 1.165) is 93.7 Å². The maximum absolute atomic E-state index is 13.3. The second-order valence-electron chi connectivity index (χ2n) is 16.3. The summed E-state index contributed by atoms with van der Waals surface area (Å²) < 4.78 is 0. The van der Waals surface area contributed by atoms with Gasteiger partial charge in [-0.25, -0.2) is 14.8 Å². The number of likely N-dealkylation sites (N-methyl/N-ethyl adjacent to an activating group) is 1. The molecule has 5 saturated heterocycles. The Bertz CT molecular complexity index is 2200. The predicted octanol–water partition coefficient (Wildman–Crippen LogP) is 1.31. The van der Waals surface area contributed by atoms with Gasteiger partial charge in [-0.15, -0.1) is 0 Å². The molecule has 5 fully saturated rings. The molecule has 9 rings (SSSR count). The van der Waals surface area contributed by atoms with Crippen LogP contribution >= 0.6 is 0 Å². The molecule has 2 atom stereocenters. The number of rotatable bonds is 10. The average molecular weight is 805 g/mol. The van der Waals surface area contributed by atoms with E-state index in [4.69, 9.17) is 10.7 Å². The minimum Gasteiger partial charge on any atom is -0.371 e. The molecule has 7 heterocycles. The highest BCUT2D eigenvalue weighted by Crippen LogP contribution is 2.34. The Balaban J connectivity index is 0.760. The largest absolute Gasteiger partial charge is 0.371 e. The first-order valence-corrected chi connectivity index (χ1v) is 20.4. The predicted molar refractivity (Wildman–Crippen MR) is 218 cm³/mol. The number of amides is 7. The molecule has 18 nitrogen and oxygen atoms in total. The van der Waals surface area contributed by atoms with E-state index >= 15 is 0 Å². The van der Waals surface area contributed by atoms with Gasteiger partial charge in [-0.1, -0.05) is 0 Å². The number of nitrogens with zero attached hydrogens (tertiary/aromatic N) is 9. The summed E-state index contributed by atoms with van der Waals surface area (Å²) in [6.45, 7) is 9.10. The molecule has 0 radical (unpaired) electrons. The van der Waals surface area contributed by atoms with Crippen molar-refractivity contribution in [1.29, 1.82) is 0 Å². The van der Waals surface area contributed by atoms with Crippen molar-refractivity contribution in [2.45, 2.75) is 37.8 Å². The van der Waals surface area contributed by atoms with Crippen LogP contribution in [0.2, 0.25) is 0 Å². The van der Waals surface area contributed by atoms with Gasteiger partial charge >= 0.3 is 6.03 Å². The Morgan fingerprint density at radius 1 is 0.831 bits per heavy atom. The lowest BCUT2D eigenvalue weighted by Gasteiger charge is -2.45. The summed E-state index contributed by atoms with van der Waals surface area (Å²) in [6.07, 6.45) is 3.64. The third-order valence-corrected chi connectivity index (χ3v) is 12.5. The van der Waals surface area contributed by atoms with E-state index in [1.165, 1.54) is 0 Å². The van der Waals surface area contributed by atoms with Gasteiger partial charge in [0.2, 0.25) is 11.8 Å². The number of hydrogen-bond donors (Lipinski definition) is 3. The van der Waals surface area contributed by atoms with Crippen LogP contribution in [-0.2, 0) is 9.59 Å². The van der Waals surface area contributed by atoms with E-state index < -0.39 is 35.6 Å². The van der Waals surface area contributed by atoms with Crippen LogP contribution in [0.15, 0.2) is 48.7 Å². The Hall–Kier alpha value is -6.30. The summed E-state index contributed by atoms with van der Waals surface area (Å²) in [5, 5.41) is 5.51. The second kappa shape index (κ2) is 15.5. The van der Waals surface area contributed by atoms with Crippen molar-refractivity contribution in [3.05, 3.63) is 65.5 Å². The number of benzene rings is 2. The molecule has 59 heavy (non-hydrogen) atoms. The van der Waals surface area contributed by atoms with E-state index in [-0.39, 0.29) is 36.2 Å². The van der Waals surface area contributed by atoms with Crippen LogP contribution in [0, 0.1) is 5.92 Å². The topological polar surface area (TPSA) is 201 Å². The van der Waals surface area contributed by atoms with Crippen LogP contribution in [0.1, 0.15) is 56.9 Å². The number of anilines is 5. The highest BCUT2D eigenvalue weighted by atomic mass is 16.2. The maximum atomic E-state index is 13.3. The maximum Gasteiger partial charge on any atom is 0.320 e. The fraction of sp³-hybridized carbons (Fsp3) is 0.463. The van der Waals surface area contributed by atoms with Crippen molar-refractivity contribution < 1.29 is 28.8 Å². The third kappa shape index (κ3) is 7.36. The summed E-state index contributed by atoms with van der Waals surface area (Å²) in [5.41, 5.74) is 9.07. The molecule has 4 N–H and O–H groups in total. The zero-order valence-electron chi connectivity index (χ0n) is 33.0. The molecule has 308 valence electrons. The number of nitrogens with one attached hydrogen (secondary N) is 2. The molecule has 2 aromatic carbocycles. The van der Waals surface area contributed by atoms with E-state index in [2.05, 4.69) is 47.3 Å². The zero-order valence-corrected chi connectivity index (χ0v) is 33.0. The van der Waals surface area contributed by atoms with Crippen LogP contribution in [-0.4, -0.2) is 156 Å². The molecular weight excluding hydrogens is 757 g/mol. The Morgan fingerprint density at radius 2 is 1.58 bits per heavy atom. The summed E-state index contributed by atoms with van der Waals surface area (Å²) in [5.74, 6) is -1.28. The van der Waals surface area contributed by atoms with Gasteiger partial charge in [0.1, 0.15) is 11.9 Å². The molecule has 0 saturated carbocycles. The summed E-state index contributed by atoms with van der Waals surface area (Å²) in [7, 11) is 1.83. The first-order valence-electron chi connectivity index (χ1n) is 20.4. The monoisotopic (exact) mass is 804 g/mol. The number of urea groups is 1. The van der Waals surface area contributed by atoms with Gasteiger partial charge in [-0.3, -0.25) is 39.1 Å². The normalized spacial score (nSPS) is 22.9. The molecule has 3 aromatic rings. The number of carbonyl (C=O) groups excluding carboxylic acids is 6. The van der Waals surface area contributed by atoms with Crippen molar-refractivity contribution in [2.24, 2.45) is 11.7 Å². The zero-order chi connectivity index (χ0) is 40.9. The summed E-state index contributed by atoms with van der Waals surface area (Å²) in [4.78, 5) is 98.5. The van der Waals surface area contributed by atoms with Crippen LogP contribution in [0.3, 0.4) is 0 Å². The number of fused-ring (bicyclic) bond motifs is 1. The molecule has 6 aliphatic heterocycles. The summed E-state index contributed by atoms with van der Waals surface area (Å²) >= 11 is 0. The first kappa shape index (κ1) is 38.2. The minimum atomic E-state index is -0.978. The molecule has 7 amide bonds. The van der Waals surface area contributed by atoms with E-state index in [9.17, 15) is 28.8 Å². The van der Waals surface area contributed by atoms with Gasteiger partial charge in [0.25, 0.3) is 17.7 Å². The number of primary amides is 1. The lowest BCUT2D eigenvalue weighted by atomic mass is 9.97. The highest BCUT2D eigenvalue weighted by Gasteiger charge is 2.45. The molecule has 1 aromatic heterocycles. The average Bonchev–Trinajstić information content (AvgIpc) is 3.69. The van der Waals surface area contributed by atoms with Crippen LogP contribution < -0.4 is 31.1 Å². The van der Waals surface area contributed by atoms with Gasteiger partial charge in [-0.2, -0.15) is 0 Å². The SMILES string of the molecule is CN1CCN([C@@H]2CCCN(c3cnc(C(N)=O)c(Nc4ccc(N5CCN(CC6CN(c7ccc8c(c7)C(=O)N(C7CCC(=O)NC7=O)C8=O)C6)CC5)cc4)n3)C2)C1=O. The lowest BCUT2D eigenvalue weighted by Crippen LogP contribution is -2.55. The highest BCUT2D eigenvalue weighted by molar-refractivity contribution is 6.23. The van der Waals surface area contributed by atoms with Crippen molar-refractivity contribution in [3.8, 4) is 0 Å². The van der Waals surface area contributed by atoms with Crippen LogP contribution in [0.5, 0.6) is 0 Å². The fourth-order valence-corrected chi connectivity index (χ4v) is 9.22. The standard InChI is InChI=1S/C41H48N12O6/c1-47-13-18-52(41(47)59)29-3-2-12-50(24-29)33-20-43-35(36(42)55)37(45-33)44-26-4-6-27(7-5-26)49-16-14-48(15-17-49)21-25-22-51(23-25)28-8-9-30-31(19-28)40(58)53(39(30)57)32-10-11-34(54)46-38(32)56/h4-9,19-20,25,29,32H,2-3,10-18,21-24H2,1H3,(H2,42,55)(H,44,45)(H,46,54,56)/t29-,32?/m1/s1. The van der Waals surface area contributed by atoms with E-state index in [1.54, 1.807) is 23.2 Å². The quantitative estimate of drug-likeness (QED) is 0.248. The van der Waals surface area contributed by atoms with Crippen LogP contribution in [0.4, 0.5) is 33.5 Å². The number of piperidine rings is 2. The van der Waals surface area contributed by atoms with Gasteiger partial charge in [-0.05, 0) is 61.7 Å². The molecule has 1 unspecified atom stereocenters. The fourth-order valence-electron chi connectivity index (χ4n) is 9.22. The Labute approximate surface area is 341 Å². The van der Waals surface area contributed by atoms with E-state index in [1.807, 2.05) is 30.1 Å². The third-order valence-electron chi connectivity index (χ3n) is 12.5. The minimum absolute atomic E-state index is 0.0558. The number of hydrogen-bond acceptors (Lipinski definition) is 13. The molecule has 18 heteroatoms. The van der Waals surface area contributed by atoms with Gasteiger partial charge < -0.3 is 35.6 Å². The van der Waals surface area contributed by atoms with Crippen LogP contribution in [0.25, 0.3) is 0 Å². The molecular formula is C41H48N12O6. The number of aromatic nitrogens is 2. The molecule has 0 bridgehead atoms. The lowest BCUT2D eigenvalue weighted by molar-refractivity contribution is -0.136. The number of piperazine rings is 1. The number of carbonyl (C=O) groups is 6. The summed E-state index contributed by atoms with van der Waals surface area (Å²) in [6, 6.07) is 12.5. The van der Waals surface area contributed by atoms with Gasteiger partial charge in [0.05, 0.1) is 23.4 Å². The smallest absolute Gasteiger partial charge is 0.320 e. The Morgan fingerprint density at radius 3 is 2.29 bits per heavy atom. The van der Waals surface area contributed by atoms with Crippen molar-refractivity contribution in [2.75, 3.05) is 99.1 Å².